The Balaban J connectivity index is 1.46. The average Bonchev–Trinajstić information content (AvgIpc) is 2.89. The molecule has 7 nitrogen and oxygen atoms in total. The summed E-state index contributed by atoms with van der Waals surface area (Å²) in [6.45, 7) is 5.13. The summed E-state index contributed by atoms with van der Waals surface area (Å²) in [4.78, 5) is 27.0. The molecule has 1 saturated heterocycles. The number of piperidine rings is 1. The van der Waals surface area contributed by atoms with Crippen molar-refractivity contribution in [1.29, 1.82) is 0 Å². The number of anilines is 1. The predicted molar refractivity (Wildman–Crippen MR) is 136 cm³/mol. The third-order valence-electron chi connectivity index (χ3n) is 6.73. The summed E-state index contributed by atoms with van der Waals surface area (Å²) in [7, 11) is 1.63. The molecule has 1 fully saturated rings. The van der Waals surface area contributed by atoms with Crippen molar-refractivity contribution in [1.82, 2.24) is 14.9 Å². The minimum atomic E-state index is -0.0446. The first-order valence-corrected chi connectivity index (χ1v) is 12.4. The number of benzene rings is 2. The highest BCUT2D eigenvalue weighted by atomic mass is 35.5. The van der Waals surface area contributed by atoms with Crippen LogP contribution in [-0.2, 0) is 13.0 Å². The van der Waals surface area contributed by atoms with Crippen LogP contribution in [0.5, 0.6) is 17.4 Å². The van der Waals surface area contributed by atoms with Crippen molar-refractivity contribution in [2.24, 2.45) is 5.92 Å². The Morgan fingerprint density at radius 1 is 0.971 bits per heavy atom. The van der Waals surface area contributed by atoms with Gasteiger partial charge in [-0.1, -0.05) is 18.5 Å². The molecule has 2 aliphatic heterocycles. The molecule has 182 valence electrons. The molecule has 0 N–H and O–H groups in total. The molecule has 3 heterocycles. The Morgan fingerprint density at radius 3 is 2.34 bits per heavy atom. The lowest BCUT2D eigenvalue weighted by atomic mass is 9.99. The number of hydrogen-bond acceptors (Lipinski definition) is 6. The van der Waals surface area contributed by atoms with Gasteiger partial charge in [-0.25, -0.2) is 4.98 Å². The topological polar surface area (TPSA) is 67.8 Å². The van der Waals surface area contributed by atoms with Crippen molar-refractivity contribution in [3.63, 3.8) is 0 Å². The summed E-state index contributed by atoms with van der Waals surface area (Å²) in [5, 5.41) is 0.605. The fraction of sp³-hybridized carbons (Fsp3) is 0.370. The number of ether oxygens (including phenoxy) is 2. The molecule has 0 radical (unpaired) electrons. The van der Waals surface area contributed by atoms with Crippen molar-refractivity contribution >= 4 is 23.5 Å². The second-order valence-electron chi connectivity index (χ2n) is 9.18. The summed E-state index contributed by atoms with van der Waals surface area (Å²) < 4.78 is 11.6. The van der Waals surface area contributed by atoms with E-state index in [4.69, 9.17) is 31.0 Å². The first kappa shape index (κ1) is 23.4. The predicted octanol–water partition coefficient (Wildman–Crippen LogP) is 5.37. The number of aromatic nitrogens is 2. The van der Waals surface area contributed by atoms with Crippen molar-refractivity contribution in [3.8, 4) is 17.4 Å². The van der Waals surface area contributed by atoms with E-state index in [1.165, 1.54) is 0 Å². The van der Waals surface area contributed by atoms with Crippen LogP contribution < -0.4 is 14.4 Å². The Labute approximate surface area is 210 Å². The van der Waals surface area contributed by atoms with Crippen LogP contribution in [0.2, 0.25) is 5.02 Å². The summed E-state index contributed by atoms with van der Waals surface area (Å²) in [5.74, 6) is 3.29. The number of amides is 1. The number of halogens is 1. The van der Waals surface area contributed by atoms with Crippen LogP contribution in [-0.4, -0.2) is 47.5 Å². The Bertz CT molecular complexity index is 1190. The number of carbonyl (C=O) groups is 1. The third kappa shape index (κ3) is 5.20. The van der Waals surface area contributed by atoms with E-state index in [1.807, 2.05) is 29.2 Å². The number of hydrogen-bond donors (Lipinski definition) is 0. The zero-order valence-corrected chi connectivity index (χ0v) is 20.8. The van der Waals surface area contributed by atoms with E-state index in [2.05, 4.69) is 11.8 Å². The van der Waals surface area contributed by atoms with Gasteiger partial charge in [0.2, 0.25) is 11.8 Å². The molecule has 1 aromatic heterocycles. The lowest BCUT2D eigenvalue weighted by molar-refractivity contribution is 0.0732. The van der Waals surface area contributed by atoms with Crippen LogP contribution >= 0.6 is 11.6 Å². The van der Waals surface area contributed by atoms with Gasteiger partial charge in [0.1, 0.15) is 11.5 Å². The summed E-state index contributed by atoms with van der Waals surface area (Å²) >= 11 is 6.00. The van der Waals surface area contributed by atoms with Gasteiger partial charge in [0.05, 0.1) is 24.9 Å². The lowest BCUT2D eigenvalue weighted by Gasteiger charge is -2.33. The molecule has 2 aliphatic rings. The maximum absolute atomic E-state index is 13.2. The minimum absolute atomic E-state index is 0.0446. The number of fused-ring (bicyclic) bond motifs is 1. The highest BCUT2D eigenvalue weighted by Gasteiger charge is 2.29. The standard InChI is InChI=1S/C27H29ClN4O3/c1-18-11-14-31(15-12-18)27-29-24-13-16-32(26(33)19-3-5-20(28)6-4-19)17-23(24)25(30-27)35-22-9-7-21(34-2)8-10-22/h3-10,18H,11-17H2,1-2H3. The Kier molecular flexibility index (Phi) is 6.77. The Hall–Kier alpha value is -3.32. The highest BCUT2D eigenvalue weighted by molar-refractivity contribution is 6.30. The average molecular weight is 493 g/mol. The van der Waals surface area contributed by atoms with E-state index in [-0.39, 0.29) is 5.91 Å². The van der Waals surface area contributed by atoms with Crippen LogP contribution in [0.3, 0.4) is 0 Å². The molecule has 8 heteroatoms. The smallest absolute Gasteiger partial charge is 0.254 e. The maximum Gasteiger partial charge on any atom is 0.254 e. The van der Waals surface area contributed by atoms with Gasteiger partial charge in [-0.05, 0) is 67.3 Å². The van der Waals surface area contributed by atoms with Crippen molar-refractivity contribution in [2.45, 2.75) is 32.7 Å². The first-order chi connectivity index (χ1) is 17.0. The second kappa shape index (κ2) is 10.1. The fourth-order valence-corrected chi connectivity index (χ4v) is 4.64. The largest absolute Gasteiger partial charge is 0.497 e. The highest BCUT2D eigenvalue weighted by Crippen LogP contribution is 2.33. The zero-order valence-electron chi connectivity index (χ0n) is 20.0. The van der Waals surface area contributed by atoms with Gasteiger partial charge in [-0.15, -0.1) is 0 Å². The van der Waals surface area contributed by atoms with Gasteiger partial charge < -0.3 is 19.3 Å². The van der Waals surface area contributed by atoms with Crippen LogP contribution in [0.1, 0.15) is 41.4 Å². The second-order valence-corrected chi connectivity index (χ2v) is 9.62. The van der Waals surface area contributed by atoms with Crippen molar-refractivity contribution < 1.29 is 14.3 Å². The summed E-state index contributed by atoms with van der Waals surface area (Å²) in [5.41, 5.74) is 2.40. The van der Waals surface area contributed by atoms with Crippen molar-refractivity contribution in [3.05, 3.63) is 70.4 Å². The van der Waals surface area contributed by atoms with E-state index in [9.17, 15) is 4.79 Å². The van der Waals surface area contributed by atoms with E-state index in [0.29, 0.717) is 53.6 Å². The Morgan fingerprint density at radius 2 is 1.66 bits per heavy atom. The molecule has 3 aromatic rings. The monoisotopic (exact) mass is 492 g/mol. The van der Waals surface area contributed by atoms with Crippen LogP contribution in [0.15, 0.2) is 48.5 Å². The number of nitrogens with zero attached hydrogens (tertiary/aromatic N) is 4. The number of rotatable bonds is 5. The molecule has 5 rings (SSSR count). The molecule has 0 unspecified atom stereocenters. The molecule has 1 amide bonds. The number of methoxy groups -OCH3 is 1. The SMILES string of the molecule is COc1ccc(Oc2nc(N3CCC(C)CC3)nc3c2CN(C(=O)c2ccc(Cl)cc2)CC3)cc1. The maximum atomic E-state index is 13.2. The van der Waals surface area contributed by atoms with E-state index in [0.717, 1.165) is 42.9 Å². The first-order valence-electron chi connectivity index (χ1n) is 12.0. The lowest BCUT2D eigenvalue weighted by Crippen LogP contribution is -2.38. The zero-order chi connectivity index (χ0) is 24.4. The van der Waals surface area contributed by atoms with Crippen LogP contribution in [0, 0.1) is 5.92 Å². The summed E-state index contributed by atoms with van der Waals surface area (Å²) in [6.07, 6.45) is 2.89. The van der Waals surface area contributed by atoms with Crippen molar-refractivity contribution in [2.75, 3.05) is 31.6 Å². The van der Waals surface area contributed by atoms with E-state index in [1.54, 1.807) is 31.4 Å². The van der Waals surface area contributed by atoms with Gasteiger partial charge >= 0.3 is 0 Å². The van der Waals surface area contributed by atoms with Crippen LogP contribution in [0.25, 0.3) is 0 Å². The van der Waals surface area contributed by atoms with E-state index < -0.39 is 0 Å². The molecule has 0 bridgehead atoms. The minimum Gasteiger partial charge on any atom is -0.497 e. The quantitative estimate of drug-likeness (QED) is 0.477. The molecular weight excluding hydrogens is 464 g/mol. The third-order valence-corrected chi connectivity index (χ3v) is 6.98. The van der Waals surface area contributed by atoms with Crippen LogP contribution in [0.4, 0.5) is 5.95 Å². The molecule has 0 atom stereocenters. The van der Waals surface area contributed by atoms with Gasteiger partial charge in [0.25, 0.3) is 5.91 Å². The van der Waals surface area contributed by atoms with Gasteiger partial charge in [0, 0.05) is 36.6 Å². The van der Waals surface area contributed by atoms with Gasteiger partial charge in [-0.2, -0.15) is 4.98 Å². The molecular formula is C27H29ClN4O3. The molecule has 0 aliphatic carbocycles. The number of carbonyl (C=O) groups excluding carboxylic acids is 1. The van der Waals surface area contributed by atoms with E-state index >= 15 is 0 Å². The van der Waals surface area contributed by atoms with Gasteiger partial charge in [0.15, 0.2) is 0 Å². The molecule has 0 saturated carbocycles. The fourth-order valence-electron chi connectivity index (χ4n) is 4.51. The summed E-state index contributed by atoms with van der Waals surface area (Å²) in [6, 6.07) is 14.4. The molecule has 35 heavy (non-hydrogen) atoms. The van der Waals surface area contributed by atoms with Gasteiger partial charge in [-0.3, -0.25) is 4.79 Å². The normalized spacial score (nSPS) is 16.1. The molecule has 2 aromatic carbocycles. The molecule has 0 spiro atoms.